The van der Waals surface area contributed by atoms with Crippen LogP contribution in [0.15, 0.2) is 0 Å². The Hall–Kier alpha value is -0.120. The molecule has 0 spiro atoms. The topological polar surface area (TPSA) is 41.5 Å². The number of nitrogens with one attached hydrogen (secondary N) is 1. The molecule has 0 aliphatic rings. The summed E-state index contributed by atoms with van der Waals surface area (Å²) < 4.78 is 5.37. The van der Waals surface area contributed by atoms with Crippen LogP contribution in [0.1, 0.15) is 47.0 Å². The molecule has 0 aromatic rings. The number of methoxy groups -OCH3 is 1. The molecule has 15 heavy (non-hydrogen) atoms. The highest BCUT2D eigenvalue weighted by Gasteiger charge is 2.19. The van der Waals surface area contributed by atoms with Crippen LogP contribution in [0.4, 0.5) is 0 Å². The average Bonchev–Trinajstić information content (AvgIpc) is 2.16. The Morgan fingerprint density at radius 3 is 2.47 bits per heavy atom. The van der Waals surface area contributed by atoms with Gasteiger partial charge >= 0.3 is 0 Å². The first-order valence-corrected chi connectivity index (χ1v) is 5.88. The first kappa shape index (κ1) is 14.9. The van der Waals surface area contributed by atoms with E-state index in [-0.39, 0.29) is 11.7 Å². The molecule has 3 heteroatoms. The summed E-state index contributed by atoms with van der Waals surface area (Å²) in [6.45, 7) is 9.20. The standard InChI is InChI=1S/C12H27NO2/c1-6-11(14)7-8-13-10(2)9-12(3,4)15-5/h10-11,13-14H,6-9H2,1-5H3. The summed E-state index contributed by atoms with van der Waals surface area (Å²) in [6.07, 6.45) is 2.47. The smallest absolute Gasteiger partial charge is 0.0637 e. The first-order valence-electron chi connectivity index (χ1n) is 5.88. The fourth-order valence-electron chi connectivity index (χ4n) is 1.59. The van der Waals surface area contributed by atoms with Gasteiger partial charge in [-0.05, 0) is 46.6 Å². The zero-order valence-electron chi connectivity index (χ0n) is 10.8. The summed E-state index contributed by atoms with van der Waals surface area (Å²) in [5.41, 5.74) is -0.0736. The van der Waals surface area contributed by atoms with E-state index in [1.165, 1.54) is 0 Å². The fraction of sp³-hybridized carbons (Fsp3) is 1.00. The van der Waals surface area contributed by atoms with Crippen molar-refractivity contribution in [3.8, 4) is 0 Å². The van der Waals surface area contributed by atoms with Crippen LogP contribution in [-0.4, -0.2) is 36.5 Å². The summed E-state index contributed by atoms with van der Waals surface area (Å²) in [5, 5.41) is 12.8. The van der Waals surface area contributed by atoms with Crippen molar-refractivity contribution in [3.05, 3.63) is 0 Å². The first-order chi connectivity index (χ1) is 6.91. The summed E-state index contributed by atoms with van der Waals surface area (Å²) in [5.74, 6) is 0. The van der Waals surface area contributed by atoms with Gasteiger partial charge in [0.15, 0.2) is 0 Å². The van der Waals surface area contributed by atoms with Gasteiger partial charge in [-0.1, -0.05) is 6.92 Å². The molecule has 0 fully saturated rings. The Morgan fingerprint density at radius 1 is 1.40 bits per heavy atom. The third-order valence-corrected chi connectivity index (χ3v) is 2.79. The van der Waals surface area contributed by atoms with Gasteiger partial charge in [-0.15, -0.1) is 0 Å². The number of hydrogen-bond acceptors (Lipinski definition) is 3. The van der Waals surface area contributed by atoms with E-state index >= 15 is 0 Å². The van der Waals surface area contributed by atoms with Crippen molar-refractivity contribution in [1.29, 1.82) is 0 Å². The van der Waals surface area contributed by atoms with E-state index in [9.17, 15) is 5.11 Å². The lowest BCUT2D eigenvalue weighted by Gasteiger charge is -2.27. The van der Waals surface area contributed by atoms with E-state index in [0.717, 1.165) is 25.8 Å². The van der Waals surface area contributed by atoms with Crippen LogP contribution in [0.3, 0.4) is 0 Å². The average molecular weight is 217 g/mol. The summed E-state index contributed by atoms with van der Waals surface area (Å²) >= 11 is 0. The van der Waals surface area contributed by atoms with Crippen LogP contribution in [-0.2, 0) is 4.74 Å². The van der Waals surface area contributed by atoms with Crippen LogP contribution in [0.25, 0.3) is 0 Å². The van der Waals surface area contributed by atoms with E-state index in [2.05, 4.69) is 26.1 Å². The van der Waals surface area contributed by atoms with Crippen molar-refractivity contribution < 1.29 is 9.84 Å². The Balaban J connectivity index is 3.62. The van der Waals surface area contributed by atoms with Gasteiger partial charge in [-0.3, -0.25) is 0 Å². The normalized spacial score (nSPS) is 16.4. The molecule has 2 N–H and O–H groups in total. The van der Waals surface area contributed by atoms with Gasteiger partial charge in [0.25, 0.3) is 0 Å². The lowest BCUT2D eigenvalue weighted by atomic mass is 10.00. The van der Waals surface area contributed by atoms with Crippen molar-refractivity contribution in [1.82, 2.24) is 5.32 Å². The minimum Gasteiger partial charge on any atom is -0.393 e. The summed E-state index contributed by atoms with van der Waals surface area (Å²) in [6, 6.07) is 0.420. The van der Waals surface area contributed by atoms with Gasteiger partial charge in [-0.25, -0.2) is 0 Å². The van der Waals surface area contributed by atoms with Gasteiger partial charge in [0.1, 0.15) is 0 Å². The molecule has 0 aliphatic heterocycles. The highest BCUT2D eigenvalue weighted by molar-refractivity contribution is 4.75. The predicted octanol–water partition coefficient (Wildman–Crippen LogP) is 1.94. The number of aliphatic hydroxyl groups is 1. The third-order valence-electron chi connectivity index (χ3n) is 2.79. The molecular formula is C12H27NO2. The van der Waals surface area contributed by atoms with Crippen molar-refractivity contribution in [2.45, 2.75) is 64.7 Å². The molecule has 2 atom stereocenters. The molecule has 0 aliphatic carbocycles. The van der Waals surface area contributed by atoms with Crippen LogP contribution in [0.5, 0.6) is 0 Å². The molecular weight excluding hydrogens is 190 g/mol. The molecule has 0 heterocycles. The van der Waals surface area contributed by atoms with E-state index in [4.69, 9.17) is 4.74 Å². The quantitative estimate of drug-likeness (QED) is 0.653. The van der Waals surface area contributed by atoms with Gasteiger partial charge in [-0.2, -0.15) is 0 Å². The van der Waals surface area contributed by atoms with Crippen LogP contribution >= 0.6 is 0 Å². The van der Waals surface area contributed by atoms with E-state index in [1.54, 1.807) is 7.11 Å². The monoisotopic (exact) mass is 217 g/mol. The number of ether oxygens (including phenoxy) is 1. The minimum absolute atomic E-state index is 0.0736. The van der Waals surface area contributed by atoms with Crippen molar-refractivity contribution in [3.63, 3.8) is 0 Å². The van der Waals surface area contributed by atoms with Gasteiger partial charge < -0.3 is 15.2 Å². The van der Waals surface area contributed by atoms with E-state index in [1.807, 2.05) is 6.92 Å². The zero-order valence-corrected chi connectivity index (χ0v) is 10.8. The molecule has 0 saturated heterocycles. The Morgan fingerprint density at radius 2 is 2.00 bits per heavy atom. The second-order valence-corrected chi connectivity index (χ2v) is 4.87. The highest BCUT2D eigenvalue weighted by atomic mass is 16.5. The maximum Gasteiger partial charge on any atom is 0.0637 e. The van der Waals surface area contributed by atoms with Crippen LogP contribution < -0.4 is 5.32 Å². The molecule has 0 amide bonds. The minimum atomic E-state index is -0.167. The number of hydrogen-bond donors (Lipinski definition) is 2. The van der Waals surface area contributed by atoms with Crippen molar-refractivity contribution >= 4 is 0 Å². The molecule has 92 valence electrons. The van der Waals surface area contributed by atoms with Gasteiger partial charge in [0, 0.05) is 13.2 Å². The molecule has 0 bridgehead atoms. The van der Waals surface area contributed by atoms with E-state index < -0.39 is 0 Å². The lowest BCUT2D eigenvalue weighted by molar-refractivity contribution is 0.00836. The summed E-state index contributed by atoms with van der Waals surface area (Å²) in [7, 11) is 1.74. The Kier molecular flexibility index (Phi) is 7.14. The molecule has 0 rings (SSSR count). The molecule has 0 aromatic carbocycles. The third kappa shape index (κ3) is 7.77. The van der Waals surface area contributed by atoms with Crippen LogP contribution in [0, 0.1) is 0 Å². The second kappa shape index (κ2) is 7.20. The largest absolute Gasteiger partial charge is 0.393 e. The number of rotatable bonds is 8. The lowest BCUT2D eigenvalue weighted by Crippen LogP contribution is -2.36. The molecule has 0 aromatic heterocycles. The summed E-state index contributed by atoms with van der Waals surface area (Å²) in [4.78, 5) is 0. The molecule has 0 saturated carbocycles. The van der Waals surface area contributed by atoms with Gasteiger partial charge in [0.05, 0.1) is 11.7 Å². The zero-order chi connectivity index (χ0) is 11.9. The van der Waals surface area contributed by atoms with Crippen LogP contribution in [0.2, 0.25) is 0 Å². The Labute approximate surface area is 94.2 Å². The SMILES string of the molecule is CCC(O)CCNC(C)CC(C)(C)OC. The molecule has 0 radical (unpaired) electrons. The maximum atomic E-state index is 9.38. The molecule has 2 unspecified atom stereocenters. The van der Waals surface area contributed by atoms with E-state index in [0.29, 0.717) is 6.04 Å². The maximum absolute atomic E-state index is 9.38. The number of aliphatic hydroxyl groups excluding tert-OH is 1. The van der Waals surface area contributed by atoms with Gasteiger partial charge in [0.2, 0.25) is 0 Å². The van der Waals surface area contributed by atoms with Crippen molar-refractivity contribution in [2.75, 3.05) is 13.7 Å². The second-order valence-electron chi connectivity index (χ2n) is 4.87. The fourth-order valence-corrected chi connectivity index (χ4v) is 1.59. The van der Waals surface area contributed by atoms with Crippen molar-refractivity contribution in [2.24, 2.45) is 0 Å². The highest BCUT2D eigenvalue weighted by Crippen LogP contribution is 2.15. The predicted molar refractivity (Wildman–Crippen MR) is 64.1 cm³/mol. The Bertz CT molecular complexity index is 160. The molecule has 3 nitrogen and oxygen atoms in total.